The van der Waals surface area contributed by atoms with Crippen LogP contribution < -0.4 is 5.32 Å². The molecule has 0 radical (unpaired) electrons. The predicted octanol–water partition coefficient (Wildman–Crippen LogP) is 4.37. The van der Waals surface area contributed by atoms with E-state index in [1.807, 2.05) is 30.9 Å². The van der Waals surface area contributed by atoms with Crippen LogP contribution in [0.5, 0.6) is 0 Å². The summed E-state index contributed by atoms with van der Waals surface area (Å²) in [6, 6.07) is 5.58. The summed E-state index contributed by atoms with van der Waals surface area (Å²) in [4.78, 5) is 32.7. The summed E-state index contributed by atoms with van der Waals surface area (Å²) in [5.74, 6) is 0.0827. The number of nitrogens with one attached hydrogen (secondary N) is 1. The molecule has 2 heterocycles. The molecule has 1 N–H and O–H groups in total. The van der Waals surface area contributed by atoms with E-state index in [4.69, 9.17) is 0 Å². The average molecular weight is 372 g/mol. The van der Waals surface area contributed by atoms with Gasteiger partial charge in [-0.3, -0.25) is 9.59 Å². The molecule has 0 saturated carbocycles. The molecule has 0 aliphatic carbocycles. The standard InChI is InChI=1S/C20H25N3O2S/c1-12(2)19-21-14(4)17(26-19)18(24)22-15-9-7-8-13(3)16(15)20(25)23-10-5-6-11-23/h7-9,12H,5-6,10-11H2,1-4H3,(H,22,24). The molecule has 2 amide bonds. The Labute approximate surface area is 158 Å². The Kier molecular flexibility index (Phi) is 5.41. The van der Waals surface area contributed by atoms with E-state index in [0.717, 1.165) is 42.2 Å². The minimum Gasteiger partial charge on any atom is -0.339 e. The first-order valence-electron chi connectivity index (χ1n) is 9.06. The van der Waals surface area contributed by atoms with Crippen LogP contribution in [0, 0.1) is 13.8 Å². The van der Waals surface area contributed by atoms with Gasteiger partial charge in [0, 0.05) is 19.0 Å². The van der Waals surface area contributed by atoms with Crippen molar-refractivity contribution in [3.8, 4) is 0 Å². The molecule has 26 heavy (non-hydrogen) atoms. The van der Waals surface area contributed by atoms with Crippen molar-refractivity contribution in [1.29, 1.82) is 0 Å². The number of carbonyl (C=O) groups excluding carboxylic acids is 2. The summed E-state index contributed by atoms with van der Waals surface area (Å²) in [7, 11) is 0. The van der Waals surface area contributed by atoms with Crippen molar-refractivity contribution >= 4 is 28.8 Å². The molecule has 0 atom stereocenters. The van der Waals surface area contributed by atoms with Gasteiger partial charge in [-0.2, -0.15) is 0 Å². The van der Waals surface area contributed by atoms with Crippen LogP contribution in [-0.4, -0.2) is 34.8 Å². The number of hydrogen-bond donors (Lipinski definition) is 1. The molecule has 1 saturated heterocycles. The topological polar surface area (TPSA) is 62.3 Å². The molecule has 1 aliphatic rings. The maximum absolute atomic E-state index is 12.9. The van der Waals surface area contributed by atoms with Gasteiger partial charge in [0.1, 0.15) is 4.88 Å². The van der Waals surface area contributed by atoms with E-state index in [9.17, 15) is 9.59 Å². The third-order valence-corrected chi connectivity index (χ3v) is 6.10. The number of nitrogens with zero attached hydrogens (tertiary/aromatic N) is 2. The van der Waals surface area contributed by atoms with Gasteiger partial charge >= 0.3 is 0 Å². The van der Waals surface area contributed by atoms with E-state index in [1.54, 1.807) is 6.07 Å². The van der Waals surface area contributed by atoms with Crippen molar-refractivity contribution in [3.05, 3.63) is 44.9 Å². The van der Waals surface area contributed by atoms with Crippen LogP contribution in [0.3, 0.4) is 0 Å². The van der Waals surface area contributed by atoms with Gasteiger partial charge in [0.2, 0.25) is 0 Å². The van der Waals surface area contributed by atoms with Crippen LogP contribution in [0.15, 0.2) is 18.2 Å². The third kappa shape index (κ3) is 3.65. The zero-order valence-corrected chi connectivity index (χ0v) is 16.6. The zero-order valence-electron chi connectivity index (χ0n) is 15.8. The summed E-state index contributed by atoms with van der Waals surface area (Å²) in [5.41, 5.74) is 2.78. The Morgan fingerprint density at radius 2 is 1.88 bits per heavy atom. The molecule has 1 fully saturated rings. The van der Waals surface area contributed by atoms with Crippen LogP contribution >= 0.6 is 11.3 Å². The molecule has 0 unspecified atom stereocenters. The zero-order chi connectivity index (χ0) is 18.8. The molecule has 0 bridgehead atoms. The number of aryl methyl sites for hydroxylation is 2. The molecule has 2 aromatic rings. The van der Waals surface area contributed by atoms with E-state index in [2.05, 4.69) is 24.1 Å². The number of carbonyl (C=O) groups is 2. The minimum absolute atomic E-state index is 0.000189. The number of likely N-dealkylation sites (tertiary alicyclic amines) is 1. The maximum atomic E-state index is 12.9. The second kappa shape index (κ2) is 7.58. The summed E-state index contributed by atoms with van der Waals surface area (Å²) >= 11 is 1.42. The fourth-order valence-corrected chi connectivity index (χ4v) is 4.15. The molecule has 138 valence electrons. The molecule has 3 rings (SSSR count). The van der Waals surface area contributed by atoms with E-state index < -0.39 is 0 Å². The highest BCUT2D eigenvalue weighted by Gasteiger charge is 2.25. The van der Waals surface area contributed by atoms with Crippen LogP contribution in [0.1, 0.15) is 68.9 Å². The van der Waals surface area contributed by atoms with E-state index in [0.29, 0.717) is 16.1 Å². The first-order chi connectivity index (χ1) is 12.4. The van der Waals surface area contributed by atoms with Crippen LogP contribution in [-0.2, 0) is 0 Å². The minimum atomic E-state index is -0.201. The highest BCUT2D eigenvalue weighted by molar-refractivity contribution is 7.14. The third-order valence-electron chi connectivity index (χ3n) is 4.64. The first-order valence-corrected chi connectivity index (χ1v) is 9.87. The highest BCUT2D eigenvalue weighted by Crippen LogP contribution is 2.28. The summed E-state index contributed by atoms with van der Waals surface area (Å²) in [5, 5.41) is 3.90. The maximum Gasteiger partial charge on any atom is 0.267 e. The number of anilines is 1. The van der Waals surface area contributed by atoms with Crippen LogP contribution in [0.2, 0.25) is 0 Å². The molecular formula is C20H25N3O2S. The fourth-order valence-electron chi connectivity index (χ4n) is 3.19. The van der Waals surface area contributed by atoms with Gasteiger partial charge in [-0.15, -0.1) is 11.3 Å². The van der Waals surface area contributed by atoms with Gasteiger partial charge in [-0.1, -0.05) is 26.0 Å². The second-order valence-electron chi connectivity index (χ2n) is 7.07. The Morgan fingerprint density at radius 1 is 1.19 bits per heavy atom. The number of amides is 2. The summed E-state index contributed by atoms with van der Waals surface area (Å²) in [6.45, 7) is 9.46. The monoisotopic (exact) mass is 371 g/mol. The van der Waals surface area contributed by atoms with Crippen molar-refractivity contribution in [2.24, 2.45) is 0 Å². The van der Waals surface area contributed by atoms with Crippen molar-refractivity contribution in [2.45, 2.75) is 46.5 Å². The highest BCUT2D eigenvalue weighted by atomic mass is 32.1. The Hall–Kier alpha value is -2.21. The Morgan fingerprint density at radius 3 is 2.50 bits per heavy atom. The number of rotatable bonds is 4. The summed E-state index contributed by atoms with van der Waals surface area (Å²) in [6.07, 6.45) is 2.08. The number of aromatic nitrogens is 1. The SMILES string of the molecule is Cc1cccc(NC(=O)c2sc(C(C)C)nc2C)c1C(=O)N1CCCC1. The molecule has 1 aromatic heterocycles. The molecule has 6 heteroatoms. The molecule has 1 aliphatic heterocycles. The lowest BCUT2D eigenvalue weighted by atomic mass is 10.0. The first kappa shape index (κ1) is 18.6. The second-order valence-corrected chi connectivity index (χ2v) is 8.10. The van der Waals surface area contributed by atoms with Gasteiger partial charge in [0.25, 0.3) is 11.8 Å². The molecule has 1 aromatic carbocycles. The van der Waals surface area contributed by atoms with Gasteiger partial charge in [-0.25, -0.2) is 4.98 Å². The van der Waals surface area contributed by atoms with Crippen LogP contribution in [0.4, 0.5) is 5.69 Å². The van der Waals surface area contributed by atoms with Crippen molar-refractivity contribution in [1.82, 2.24) is 9.88 Å². The van der Waals surface area contributed by atoms with Gasteiger partial charge < -0.3 is 10.2 Å². The largest absolute Gasteiger partial charge is 0.339 e. The lowest BCUT2D eigenvalue weighted by Gasteiger charge is -2.19. The van der Waals surface area contributed by atoms with E-state index >= 15 is 0 Å². The average Bonchev–Trinajstić information content (AvgIpc) is 3.24. The van der Waals surface area contributed by atoms with Gasteiger partial charge in [0.05, 0.1) is 22.0 Å². The Bertz CT molecular complexity index is 836. The number of hydrogen-bond acceptors (Lipinski definition) is 4. The van der Waals surface area contributed by atoms with Crippen LogP contribution in [0.25, 0.3) is 0 Å². The summed E-state index contributed by atoms with van der Waals surface area (Å²) < 4.78 is 0. The lowest BCUT2D eigenvalue weighted by Crippen LogP contribution is -2.29. The molecule has 5 nitrogen and oxygen atoms in total. The van der Waals surface area contributed by atoms with Crippen molar-refractivity contribution < 1.29 is 9.59 Å². The van der Waals surface area contributed by atoms with Crippen molar-refractivity contribution in [3.63, 3.8) is 0 Å². The fraction of sp³-hybridized carbons (Fsp3) is 0.450. The van der Waals surface area contributed by atoms with E-state index in [-0.39, 0.29) is 17.7 Å². The van der Waals surface area contributed by atoms with E-state index in [1.165, 1.54) is 11.3 Å². The molecule has 0 spiro atoms. The normalized spacial score (nSPS) is 14.1. The predicted molar refractivity (Wildman–Crippen MR) is 105 cm³/mol. The van der Waals surface area contributed by atoms with Crippen molar-refractivity contribution in [2.75, 3.05) is 18.4 Å². The lowest BCUT2D eigenvalue weighted by molar-refractivity contribution is 0.0793. The Balaban J connectivity index is 1.89. The molecular weight excluding hydrogens is 346 g/mol. The quantitative estimate of drug-likeness (QED) is 0.868. The van der Waals surface area contributed by atoms with Gasteiger partial charge in [0.15, 0.2) is 0 Å². The smallest absolute Gasteiger partial charge is 0.267 e. The number of benzene rings is 1. The van der Waals surface area contributed by atoms with Gasteiger partial charge in [-0.05, 0) is 38.3 Å². The number of thiazole rings is 1.